The van der Waals surface area contributed by atoms with Crippen LogP contribution in [0.2, 0.25) is 0 Å². The van der Waals surface area contributed by atoms with Crippen LogP contribution in [0.15, 0.2) is 24.3 Å². The Morgan fingerprint density at radius 3 is 2.64 bits per heavy atom. The van der Waals surface area contributed by atoms with Crippen LogP contribution >= 0.6 is 0 Å². The first-order valence-electron chi connectivity index (χ1n) is 10.2. The zero-order chi connectivity index (χ0) is 20.1. The maximum atomic E-state index is 12.3. The molecular weight excluding hydrogens is 352 g/mol. The summed E-state index contributed by atoms with van der Waals surface area (Å²) in [5.41, 5.74) is 3.46. The maximum absolute atomic E-state index is 12.3. The lowest BCUT2D eigenvalue weighted by molar-refractivity contribution is 0.183. The van der Waals surface area contributed by atoms with Crippen LogP contribution in [0.1, 0.15) is 50.0 Å². The summed E-state index contributed by atoms with van der Waals surface area (Å²) in [5.74, 6) is 2.66. The number of aryl methyl sites for hydroxylation is 1. The fraction of sp³-hybridized carbons (Fsp3) is 0.545. The quantitative estimate of drug-likeness (QED) is 0.793. The van der Waals surface area contributed by atoms with Crippen molar-refractivity contribution in [2.45, 2.75) is 53.1 Å². The van der Waals surface area contributed by atoms with E-state index in [1.54, 1.807) is 7.11 Å². The highest BCUT2D eigenvalue weighted by Crippen LogP contribution is 2.24. The van der Waals surface area contributed by atoms with E-state index in [2.05, 4.69) is 35.9 Å². The molecule has 0 unspecified atom stereocenters. The fourth-order valence-corrected chi connectivity index (χ4v) is 3.64. The van der Waals surface area contributed by atoms with Gasteiger partial charge in [-0.1, -0.05) is 26.0 Å². The van der Waals surface area contributed by atoms with Gasteiger partial charge in [-0.2, -0.15) is 0 Å². The number of methoxy groups -OCH3 is 1. The van der Waals surface area contributed by atoms with Crippen LogP contribution in [0.25, 0.3) is 0 Å². The third-order valence-corrected chi connectivity index (χ3v) is 5.26. The Kier molecular flexibility index (Phi) is 6.60. The molecule has 152 valence electrons. The molecule has 1 aromatic carbocycles. The van der Waals surface area contributed by atoms with Crippen molar-refractivity contribution in [3.8, 4) is 5.75 Å². The first kappa shape index (κ1) is 20.2. The number of ether oxygens (including phenoxy) is 1. The van der Waals surface area contributed by atoms with Gasteiger partial charge in [-0.05, 0) is 37.0 Å². The van der Waals surface area contributed by atoms with Gasteiger partial charge in [-0.3, -0.25) is 0 Å². The lowest BCUT2D eigenvalue weighted by Gasteiger charge is -2.29. The summed E-state index contributed by atoms with van der Waals surface area (Å²) in [6.45, 7) is 9.25. The van der Waals surface area contributed by atoms with Crippen LogP contribution in [0, 0.1) is 5.92 Å². The highest BCUT2D eigenvalue weighted by molar-refractivity contribution is 5.74. The van der Waals surface area contributed by atoms with E-state index in [1.807, 2.05) is 24.0 Å². The van der Waals surface area contributed by atoms with Crippen LogP contribution in [0.4, 0.5) is 4.79 Å². The number of carbonyl (C=O) groups excluding carboxylic acids is 1. The normalized spacial score (nSPS) is 13.5. The molecule has 0 atom stereocenters. The summed E-state index contributed by atoms with van der Waals surface area (Å²) in [4.78, 5) is 19.2. The Bertz CT molecular complexity index is 796. The van der Waals surface area contributed by atoms with Gasteiger partial charge >= 0.3 is 6.03 Å². The minimum absolute atomic E-state index is 0.00841. The minimum atomic E-state index is 0.00841. The van der Waals surface area contributed by atoms with Crippen molar-refractivity contribution in [3.05, 3.63) is 47.0 Å². The molecule has 0 bridgehead atoms. The van der Waals surface area contributed by atoms with E-state index in [4.69, 9.17) is 9.72 Å². The Labute approximate surface area is 167 Å². The summed E-state index contributed by atoms with van der Waals surface area (Å²) >= 11 is 0. The van der Waals surface area contributed by atoms with Crippen LogP contribution in [-0.2, 0) is 25.9 Å². The number of imidazole rings is 1. The second kappa shape index (κ2) is 9.13. The molecule has 6 nitrogen and oxygen atoms in total. The van der Waals surface area contributed by atoms with Crippen LogP contribution < -0.4 is 10.1 Å². The number of hydrogen-bond donors (Lipinski definition) is 1. The average Bonchev–Trinajstić information content (AvgIpc) is 3.04. The molecule has 0 saturated carbocycles. The predicted molar refractivity (Wildman–Crippen MR) is 111 cm³/mol. The lowest BCUT2D eigenvalue weighted by atomic mass is 10.1. The summed E-state index contributed by atoms with van der Waals surface area (Å²) in [6.07, 6.45) is 2.87. The van der Waals surface area contributed by atoms with E-state index in [0.29, 0.717) is 19.0 Å². The molecule has 2 aromatic rings. The van der Waals surface area contributed by atoms with Crippen molar-refractivity contribution < 1.29 is 9.53 Å². The number of hydrogen-bond acceptors (Lipinski definition) is 3. The molecule has 0 radical (unpaired) electrons. The Morgan fingerprint density at radius 2 is 2.00 bits per heavy atom. The van der Waals surface area contributed by atoms with Gasteiger partial charge in [0.2, 0.25) is 0 Å². The van der Waals surface area contributed by atoms with Crippen molar-refractivity contribution in [1.82, 2.24) is 19.8 Å². The van der Waals surface area contributed by atoms with Gasteiger partial charge in [0.15, 0.2) is 0 Å². The molecule has 1 N–H and O–H groups in total. The van der Waals surface area contributed by atoms with Gasteiger partial charge in [0.05, 0.1) is 25.0 Å². The van der Waals surface area contributed by atoms with Gasteiger partial charge in [0, 0.05) is 32.5 Å². The van der Waals surface area contributed by atoms with Crippen molar-refractivity contribution in [2.24, 2.45) is 5.92 Å². The summed E-state index contributed by atoms with van der Waals surface area (Å²) < 4.78 is 7.61. The highest BCUT2D eigenvalue weighted by atomic mass is 16.5. The van der Waals surface area contributed by atoms with Gasteiger partial charge in [0.25, 0.3) is 0 Å². The van der Waals surface area contributed by atoms with Gasteiger partial charge < -0.3 is 19.5 Å². The first-order valence-corrected chi connectivity index (χ1v) is 10.2. The molecule has 1 aliphatic rings. The molecule has 0 saturated heterocycles. The maximum Gasteiger partial charge on any atom is 0.317 e. The Morgan fingerprint density at radius 1 is 1.25 bits per heavy atom. The second-order valence-corrected chi connectivity index (χ2v) is 7.79. The molecule has 1 aromatic heterocycles. The lowest BCUT2D eigenvalue weighted by Crippen LogP contribution is -2.44. The summed E-state index contributed by atoms with van der Waals surface area (Å²) in [7, 11) is 1.68. The van der Waals surface area contributed by atoms with Crippen molar-refractivity contribution in [3.63, 3.8) is 0 Å². The SMILES string of the molecule is CCNC(=O)N1CCn2c(CCC(C)C)nc(Cc3ccc(OC)cc3)c2C1. The third kappa shape index (κ3) is 4.66. The number of rotatable bonds is 7. The molecule has 0 aliphatic carbocycles. The van der Waals surface area contributed by atoms with Gasteiger partial charge in [-0.15, -0.1) is 0 Å². The highest BCUT2D eigenvalue weighted by Gasteiger charge is 2.26. The minimum Gasteiger partial charge on any atom is -0.497 e. The van der Waals surface area contributed by atoms with E-state index >= 15 is 0 Å². The molecule has 0 fully saturated rings. The van der Waals surface area contributed by atoms with Crippen molar-refractivity contribution in [1.29, 1.82) is 0 Å². The van der Waals surface area contributed by atoms with E-state index < -0.39 is 0 Å². The molecule has 2 amide bonds. The van der Waals surface area contributed by atoms with Gasteiger partial charge in [-0.25, -0.2) is 9.78 Å². The second-order valence-electron chi connectivity index (χ2n) is 7.79. The van der Waals surface area contributed by atoms with E-state index in [1.165, 1.54) is 11.3 Å². The number of aromatic nitrogens is 2. The summed E-state index contributed by atoms with van der Waals surface area (Å²) in [6, 6.07) is 8.15. The van der Waals surface area contributed by atoms with Gasteiger partial charge in [0.1, 0.15) is 11.6 Å². The molecule has 1 aliphatic heterocycles. The first-order chi connectivity index (χ1) is 13.5. The average molecular weight is 385 g/mol. The van der Waals surface area contributed by atoms with Crippen molar-refractivity contribution >= 4 is 6.03 Å². The smallest absolute Gasteiger partial charge is 0.317 e. The van der Waals surface area contributed by atoms with E-state index in [9.17, 15) is 4.79 Å². The van der Waals surface area contributed by atoms with Crippen LogP contribution in [-0.4, -0.2) is 40.7 Å². The van der Waals surface area contributed by atoms with Crippen LogP contribution in [0.3, 0.4) is 0 Å². The van der Waals surface area contributed by atoms with Crippen molar-refractivity contribution in [2.75, 3.05) is 20.2 Å². The fourth-order valence-electron chi connectivity index (χ4n) is 3.64. The Balaban J connectivity index is 1.86. The van der Waals surface area contributed by atoms with E-state index in [-0.39, 0.29) is 6.03 Å². The number of urea groups is 1. The molecule has 6 heteroatoms. The molecule has 28 heavy (non-hydrogen) atoms. The molecule has 0 spiro atoms. The number of carbonyl (C=O) groups is 1. The van der Waals surface area contributed by atoms with E-state index in [0.717, 1.165) is 49.6 Å². The summed E-state index contributed by atoms with van der Waals surface area (Å²) in [5, 5.41) is 2.92. The predicted octanol–water partition coefficient (Wildman–Crippen LogP) is 3.62. The largest absolute Gasteiger partial charge is 0.497 e. The standard InChI is InChI=1S/C22H32N4O2/c1-5-23-22(27)25-12-13-26-20(15-25)19(24-21(26)11-6-16(2)3)14-17-7-9-18(28-4)10-8-17/h7-10,16H,5-6,11-15H2,1-4H3,(H,23,27). The monoisotopic (exact) mass is 384 g/mol. The molecule has 2 heterocycles. The number of nitrogens with one attached hydrogen (secondary N) is 1. The third-order valence-electron chi connectivity index (χ3n) is 5.26. The number of benzene rings is 1. The molecular formula is C22H32N4O2. The topological polar surface area (TPSA) is 59.4 Å². The number of fused-ring (bicyclic) bond motifs is 1. The number of amides is 2. The number of nitrogens with zero attached hydrogens (tertiary/aromatic N) is 3. The zero-order valence-electron chi connectivity index (χ0n) is 17.5. The van der Waals surface area contributed by atoms with Crippen LogP contribution in [0.5, 0.6) is 5.75 Å². The Hall–Kier alpha value is -2.50. The molecule has 3 rings (SSSR count). The zero-order valence-corrected chi connectivity index (χ0v) is 17.5.